The highest BCUT2D eigenvalue weighted by Crippen LogP contribution is 1.94. The van der Waals surface area contributed by atoms with Gasteiger partial charge in [-0.3, -0.25) is 19.8 Å². The number of piperazine rings is 1. The van der Waals surface area contributed by atoms with Crippen LogP contribution in [0.15, 0.2) is 0 Å². The van der Waals surface area contributed by atoms with E-state index in [4.69, 9.17) is 0 Å². The van der Waals surface area contributed by atoms with Crippen molar-refractivity contribution in [2.75, 3.05) is 40.3 Å². The average Bonchev–Trinajstić information content (AvgIpc) is 1.99. The summed E-state index contributed by atoms with van der Waals surface area (Å²) in [7, 11) is 3.93. The first-order valence-electron chi connectivity index (χ1n) is 4.27. The van der Waals surface area contributed by atoms with Gasteiger partial charge in [-0.15, -0.1) is 0 Å². The van der Waals surface area contributed by atoms with Gasteiger partial charge in [0.1, 0.15) is 0 Å². The van der Waals surface area contributed by atoms with Crippen LogP contribution in [0.3, 0.4) is 0 Å². The molecule has 1 rings (SSSR count). The van der Waals surface area contributed by atoms with Crippen LogP contribution >= 0.6 is 0 Å². The summed E-state index contributed by atoms with van der Waals surface area (Å²) in [6, 6.07) is 0. The maximum Gasteiger partial charge on any atom is 0.240 e. The predicted octanol–water partition coefficient (Wildman–Crippen LogP) is -1.49. The van der Waals surface area contributed by atoms with Crippen LogP contribution in [0.2, 0.25) is 0 Å². The van der Waals surface area contributed by atoms with Gasteiger partial charge in [-0.05, 0) is 14.1 Å². The number of nitrogens with zero attached hydrogens (tertiary/aromatic N) is 2. The SMILES string of the molecule is CN(C)CCN1CC(=O)NC(=O)C1. The van der Waals surface area contributed by atoms with E-state index in [1.807, 2.05) is 23.9 Å². The fourth-order valence-corrected chi connectivity index (χ4v) is 1.20. The molecule has 0 saturated carbocycles. The average molecular weight is 185 g/mol. The number of nitrogens with one attached hydrogen (secondary N) is 1. The summed E-state index contributed by atoms with van der Waals surface area (Å²) in [6.45, 7) is 2.28. The number of imide groups is 1. The summed E-state index contributed by atoms with van der Waals surface area (Å²) in [5.74, 6) is -0.398. The van der Waals surface area contributed by atoms with Crippen molar-refractivity contribution in [2.24, 2.45) is 0 Å². The quantitative estimate of drug-likeness (QED) is 0.544. The summed E-state index contributed by atoms with van der Waals surface area (Å²) in [5.41, 5.74) is 0. The minimum atomic E-state index is -0.199. The number of carbonyl (C=O) groups is 2. The van der Waals surface area contributed by atoms with Gasteiger partial charge in [-0.1, -0.05) is 0 Å². The molecule has 0 bridgehead atoms. The molecular formula is C8H15N3O2. The van der Waals surface area contributed by atoms with Gasteiger partial charge in [-0.25, -0.2) is 0 Å². The van der Waals surface area contributed by atoms with Gasteiger partial charge in [0.25, 0.3) is 0 Å². The second-order valence-electron chi connectivity index (χ2n) is 3.49. The number of likely N-dealkylation sites (N-methyl/N-ethyl adjacent to an activating group) is 1. The lowest BCUT2D eigenvalue weighted by Gasteiger charge is -2.26. The minimum absolute atomic E-state index is 0.199. The molecule has 0 atom stereocenters. The van der Waals surface area contributed by atoms with Crippen molar-refractivity contribution in [3.05, 3.63) is 0 Å². The number of hydrogen-bond acceptors (Lipinski definition) is 4. The third kappa shape index (κ3) is 3.52. The highest BCUT2D eigenvalue weighted by Gasteiger charge is 2.21. The van der Waals surface area contributed by atoms with Gasteiger partial charge in [0.15, 0.2) is 0 Å². The van der Waals surface area contributed by atoms with Crippen LogP contribution in [0.25, 0.3) is 0 Å². The zero-order valence-electron chi connectivity index (χ0n) is 8.04. The first kappa shape index (κ1) is 10.1. The van der Waals surface area contributed by atoms with Crippen LogP contribution < -0.4 is 5.32 Å². The van der Waals surface area contributed by atoms with E-state index < -0.39 is 0 Å². The van der Waals surface area contributed by atoms with Crippen LogP contribution in [-0.2, 0) is 9.59 Å². The summed E-state index contributed by atoms with van der Waals surface area (Å²) < 4.78 is 0. The second kappa shape index (κ2) is 4.34. The molecule has 0 unspecified atom stereocenters. The molecule has 0 spiro atoms. The molecule has 74 valence electrons. The fourth-order valence-electron chi connectivity index (χ4n) is 1.20. The fraction of sp³-hybridized carbons (Fsp3) is 0.750. The molecule has 1 heterocycles. The van der Waals surface area contributed by atoms with Crippen molar-refractivity contribution in [3.63, 3.8) is 0 Å². The Hall–Kier alpha value is -0.940. The Balaban J connectivity index is 2.33. The van der Waals surface area contributed by atoms with E-state index in [0.29, 0.717) is 13.1 Å². The van der Waals surface area contributed by atoms with Crippen molar-refractivity contribution < 1.29 is 9.59 Å². The molecule has 1 N–H and O–H groups in total. The van der Waals surface area contributed by atoms with E-state index in [1.165, 1.54) is 0 Å². The van der Waals surface area contributed by atoms with Crippen LogP contribution in [0, 0.1) is 0 Å². The van der Waals surface area contributed by atoms with Crippen molar-refractivity contribution in [3.8, 4) is 0 Å². The smallest absolute Gasteiger partial charge is 0.240 e. The van der Waals surface area contributed by atoms with E-state index >= 15 is 0 Å². The largest absolute Gasteiger partial charge is 0.308 e. The van der Waals surface area contributed by atoms with E-state index in [9.17, 15) is 9.59 Å². The van der Waals surface area contributed by atoms with Crippen molar-refractivity contribution in [1.29, 1.82) is 0 Å². The summed E-state index contributed by atoms with van der Waals surface area (Å²) >= 11 is 0. The Morgan fingerprint density at radius 1 is 1.31 bits per heavy atom. The molecule has 5 nitrogen and oxygen atoms in total. The van der Waals surface area contributed by atoms with Gasteiger partial charge in [0.2, 0.25) is 11.8 Å². The van der Waals surface area contributed by atoms with E-state index in [2.05, 4.69) is 5.32 Å². The molecule has 1 fully saturated rings. The Labute approximate surface area is 77.7 Å². The molecule has 0 aromatic rings. The van der Waals surface area contributed by atoms with Crippen LogP contribution in [0.1, 0.15) is 0 Å². The first-order chi connectivity index (χ1) is 6.08. The molecule has 0 aromatic carbocycles. The highest BCUT2D eigenvalue weighted by molar-refractivity contribution is 5.99. The summed E-state index contributed by atoms with van der Waals surface area (Å²) in [4.78, 5) is 25.8. The van der Waals surface area contributed by atoms with Gasteiger partial charge < -0.3 is 4.90 Å². The third-order valence-electron chi connectivity index (χ3n) is 1.88. The van der Waals surface area contributed by atoms with Crippen molar-refractivity contribution >= 4 is 11.8 Å². The second-order valence-corrected chi connectivity index (χ2v) is 3.49. The monoisotopic (exact) mass is 185 g/mol. The number of rotatable bonds is 3. The van der Waals surface area contributed by atoms with E-state index in [-0.39, 0.29) is 11.8 Å². The maximum atomic E-state index is 10.9. The topological polar surface area (TPSA) is 52.6 Å². The molecule has 0 aromatic heterocycles. The summed E-state index contributed by atoms with van der Waals surface area (Å²) in [5, 5.41) is 2.26. The molecule has 0 radical (unpaired) electrons. The Kier molecular flexibility index (Phi) is 3.39. The van der Waals surface area contributed by atoms with E-state index in [0.717, 1.165) is 13.1 Å². The molecule has 1 aliphatic heterocycles. The minimum Gasteiger partial charge on any atom is -0.308 e. The number of amides is 2. The van der Waals surface area contributed by atoms with Gasteiger partial charge in [0.05, 0.1) is 13.1 Å². The molecule has 0 aliphatic carbocycles. The lowest BCUT2D eigenvalue weighted by Crippen LogP contribution is -2.52. The third-order valence-corrected chi connectivity index (χ3v) is 1.88. The lowest BCUT2D eigenvalue weighted by atomic mass is 10.3. The van der Waals surface area contributed by atoms with E-state index in [1.54, 1.807) is 0 Å². The summed E-state index contributed by atoms with van der Waals surface area (Å²) in [6.07, 6.45) is 0. The zero-order chi connectivity index (χ0) is 9.84. The zero-order valence-corrected chi connectivity index (χ0v) is 8.04. The van der Waals surface area contributed by atoms with Crippen molar-refractivity contribution in [2.45, 2.75) is 0 Å². The van der Waals surface area contributed by atoms with Gasteiger partial charge in [0, 0.05) is 13.1 Å². The Bertz CT molecular complexity index is 199. The van der Waals surface area contributed by atoms with Crippen LogP contribution in [0.4, 0.5) is 0 Å². The van der Waals surface area contributed by atoms with Crippen LogP contribution in [0.5, 0.6) is 0 Å². The Morgan fingerprint density at radius 3 is 2.31 bits per heavy atom. The van der Waals surface area contributed by atoms with Gasteiger partial charge >= 0.3 is 0 Å². The standard InChI is InChI=1S/C8H15N3O2/c1-10(2)3-4-11-5-7(12)9-8(13)6-11/h3-6H2,1-2H3,(H,9,12,13). The number of carbonyl (C=O) groups excluding carboxylic acids is 2. The normalized spacial score (nSPS) is 19.3. The van der Waals surface area contributed by atoms with Crippen molar-refractivity contribution in [1.82, 2.24) is 15.1 Å². The van der Waals surface area contributed by atoms with Crippen LogP contribution in [-0.4, -0.2) is 61.9 Å². The maximum absolute atomic E-state index is 10.9. The molecule has 2 amide bonds. The van der Waals surface area contributed by atoms with Gasteiger partial charge in [-0.2, -0.15) is 0 Å². The molecule has 1 aliphatic rings. The molecule has 1 saturated heterocycles. The first-order valence-corrected chi connectivity index (χ1v) is 4.27. The predicted molar refractivity (Wildman–Crippen MR) is 48.1 cm³/mol. The Morgan fingerprint density at radius 2 is 1.85 bits per heavy atom. The lowest BCUT2D eigenvalue weighted by molar-refractivity contribution is -0.136. The number of hydrogen-bond donors (Lipinski definition) is 1. The molecule has 5 heteroatoms. The molecular weight excluding hydrogens is 170 g/mol. The highest BCUT2D eigenvalue weighted by atomic mass is 16.2. The molecule has 13 heavy (non-hydrogen) atoms.